The Kier molecular flexibility index (Phi) is 4.79. The zero-order chi connectivity index (χ0) is 20.8. The van der Waals surface area contributed by atoms with Crippen LogP contribution in [0.4, 0.5) is 16.2 Å². The Morgan fingerprint density at radius 3 is 2.83 bits per heavy atom. The third-order valence-electron chi connectivity index (χ3n) is 5.63. The minimum atomic E-state index is -0.964. The fourth-order valence-corrected chi connectivity index (χ4v) is 5.35. The topological polar surface area (TPSA) is 101 Å². The molecule has 3 aliphatic rings. The van der Waals surface area contributed by atoms with Crippen molar-refractivity contribution in [2.24, 2.45) is 0 Å². The highest BCUT2D eigenvalue weighted by Crippen LogP contribution is 2.50. The van der Waals surface area contributed by atoms with Crippen molar-refractivity contribution in [3.05, 3.63) is 41.6 Å². The molecule has 2 amide bonds. The summed E-state index contributed by atoms with van der Waals surface area (Å²) in [5.41, 5.74) is 3.05. The number of pyridine rings is 1. The van der Waals surface area contributed by atoms with Gasteiger partial charge < -0.3 is 19.9 Å². The maximum Gasteiger partial charge on any atom is 0.327 e. The van der Waals surface area contributed by atoms with Crippen molar-refractivity contribution in [3.63, 3.8) is 0 Å². The van der Waals surface area contributed by atoms with Crippen molar-refractivity contribution in [3.8, 4) is 5.75 Å². The number of carboxylic acid groups (broad SMARTS) is 1. The molecule has 1 saturated heterocycles. The van der Waals surface area contributed by atoms with Gasteiger partial charge in [-0.1, -0.05) is 11.8 Å². The zero-order valence-corrected chi connectivity index (χ0v) is 17.1. The molecule has 8 nitrogen and oxygen atoms in total. The molecule has 4 heterocycles. The third-order valence-corrected chi connectivity index (χ3v) is 6.91. The number of ether oxygens (including phenoxy) is 2. The molecule has 30 heavy (non-hydrogen) atoms. The molecule has 156 valence electrons. The lowest BCUT2D eigenvalue weighted by Crippen LogP contribution is -2.47. The first-order valence-corrected chi connectivity index (χ1v) is 10.7. The normalized spacial score (nSPS) is 23.1. The predicted octanol–water partition coefficient (Wildman–Crippen LogP) is 3.41. The Labute approximate surface area is 177 Å². The molecule has 0 bridgehead atoms. The van der Waals surface area contributed by atoms with Gasteiger partial charge in [-0.3, -0.25) is 9.69 Å². The second kappa shape index (κ2) is 7.48. The number of urea groups is 1. The van der Waals surface area contributed by atoms with Crippen LogP contribution in [0.3, 0.4) is 0 Å². The van der Waals surface area contributed by atoms with E-state index >= 15 is 0 Å². The predicted molar refractivity (Wildman–Crippen MR) is 111 cm³/mol. The highest BCUT2D eigenvalue weighted by Gasteiger charge is 2.46. The average Bonchev–Trinajstić information content (AvgIpc) is 3.10. The molecule has 5 rings (SSSR count). The van der Waals surface area contributed by atoms with E-state index in [1.54, 1.807) is 17.2 Å². The summed E-state index contributed by atoms with van der Waals surface area (Å²) in [7, 11) is 0. The molecule has 0 saturated carbocycles. The molecule has 2 N–H and O–H groups in total. The lowest BCUT2D eigenvalue weighted by molar-refractivity contribution is -0.136. The van der Waals surface area contributed by atoms with Crippen LogP contribution in [0.1, 0.15) is 30.0 Å². The van der Waals surface area contributed by atoms with Crippen molar-refractivity contribution in [2.75, 3.05) is 18.1 Å². The number of thioether (sulfide) groups is 1. The van der Waals surface area contributed by atoms with Gasteiger partial charge in [0.1, 0.15) is 22.1 Å². The van der Waals surface area contributed by atoms with Crippen LogP contribution in [0.5, 0.6) is 5.75 Å². The van der Waals surface area contributed by atoms with E-state index in [4.69, 9.17) is 9.47 Å². The lowest BCUT2D eigenvalue weighted by atomic mass is 10.00. The number of rotatable bonds is 4. The molecule has 2 aromatic rings. The van der Waals surface area contributed by atoms with Crippen molar-refractivity contribution in [2.45, 2.75) is 42.2 Å². The van der Waals surface area contributed by atoms with Crippen molar-refractivity contribution >= 4 is 35.1 Å². The van der Waals surface area contributed by atoms with E-state index in [2.05, 4.69) is 10.3 Å². The molecule has 1 fully saturated rings. The number of hydrogen-bond acceptors (Lipinski definition) is 6. The van der Waals surface area contributed by atoms with Gasteiger partial charge in [-0.15, -0.1) is 0 Å². The first kappa shape index (κ1) is 19.2. The highest BCUT2D eigenvalue weighted by molar-refractivity contribution is 8.00. The molecule has 2 unspecified atom stereocenters. The summed E-state index contributed by atoms with van der Waals surface area (Å²) in [4.78, 5) is 30.6. The van der Waals surface area contributed by atoms with E-state index in [1.165, 1.54) is 11.8 Å². The molecule has 9 heteroatoms. The molecule has 1 aromatic carbocycles. The van der Waals surface area contributed by atoms with Crippen LogP contribution in [0.15, 0.2) is 35.5 Å². The second-order valence-electron chi connectivity index (χ2n) is 7.57. The molecule has 0 spiro atoms. The molecule has 2 atom stereocenters. The molecular formula is C21H21N3O5S. The van der Waals surface area contributed by atoms with E-state index in [1.807, 2.05) is 25.1 Å². The average molecular weight is 427 g/mol. The summed E-state index contributed by atoms with van der Waals surface area (Å²) in [5.74, 6) is -0.201. The van der Waals surface area contributed by atoms with Crippen LogP contribution in [0.2, 0.25) is 0 Å². The fraction of sp³-hybridized carbons (Fsp3) is 0.381. The Morgan fingerprint density at radius 2 is 2.10 bits per heavy atom. The van der Waals surface area contributed by atoms with Gasteiger partial charge in [0.05, 0.1) is 30.6 Å². The fourth-order valence-electron chi connectivity index (χ4n) is 4.19. The van der Waals surface area contributed by atoms with Crippen LogP contribution in [0.25, 0.3) is 0 Å². The molecule has 0 aliphatic carbocycles. The van der Waals surface area contributed by atoms with E-state index in [9.17, 15) is 14.7 Å². The summed E-state index contributed by atoms with van der Waals surface area (Å²) >= 11 is 1.17. The lowest BCUT2D eigenvalue weighted by Gasteiger charge is -2.34. The number of aromatic nitrogens is 1. The summed E-state index contributed by atoms with van der Waals surface area (Å²) < 4.78 is 11.5. The summed E-state index contributed by atoms with van der Waals surface area (Å²) in [6.07, 6.45) is 3.48. The second-order valence-corrected chi connectivity index (χ2v) is 8.70. The van der Waals surface area contributed by atoms with E-state index in [0.29, 0.717) is 23.9 Å². The number of amides is 2. The quantitative estimate of drug-likeness (QED) is 0.771. The summed E-state index contributed by atoms with van der Waals surface area (Å²) in [6.45, 7) is 3.35. The number of nitrogens with one attached hydrogen (secondary N) is 1. The zero-order valence-electron chi connectivity index (χ0n) is 16.3. The van der Waals surface area contributed by atoms with Crippen LogP contribution in [-0.2, 0) is 9.53 Å². The van der Waals surface area contributed by atoms with Crippen LogP contribution < -0.4 is 15.0 Å². The number of carbonyl (C=O) groups excluding carboxylic acids is 1. The van der Waals surface area contributed by atoms with Gasteiger partial charge in [0.2, 0.25) is 0 Å². The Morgan fingerprint density at radius 1 is 1.30 bits per heavy atom. The van der Waals surface area contributed by atoms with Crippen molar-refractivity contribution in [1.29, 1.82) is 0 Å². The molecular weight excluding hydrogens is 406 g/mol. The smallest absolute Gasteiger partial charge is 0.327 e. The SMILES string of the molecule is Cc1cc(OC2CCOCC2)ccc1N1C(=O)NC2c3c1ccnc3SC2C(=O)O. The van der Waals surface area contributed by atoms with E-state index in [0.717, 1.165) is 35.4 Å². The Bertz CT molecular complexity index is 1020. The van der Waals surface area contributed by atoms with Crippen LogP contribution in [-0.4, -0.2) is 46.7 Å². The summed E-state index contributed by atoms with van der Waals surface area (Å²) in [5, 5.41) is 12.3. The van der Waals surface area contributed by atoms with Gasteiger partial charge in [-0.2, -0.15) is 0 Å². The van der Waals surface area contributed by atoms with Gasteiger partial charge in [0, 0.05) is 24.6 Å². The molecule has 1 aromatic heterocycles. The van der Waals surface area contributed by atoms with Crippen LogP contribution in [0, 0.1) is 6.92 Å². The number of nitrogens with zero attached hydrogens (tertiary/aromatic N) is 2. The third kappa shape index (κ3) is 3.18. The number of benzene rings is 1. The maximum absolute atomic E-state index is 13.0. The minimum Gasteiger partial charge on any atom is -0.490 e. The first-order chi connectivity index (χ1) is 14.5. The van der Waals surface area contributed by atoms with Gasteiger partial charge in [0.25, 0.3) is 0 Å². The first-order valence-electron chi connectivity index (χ1n) is 9.87. The number of hydrogen-bond donors (Lipinski definition) is 2. The Balaban J connectivity index is 1.48. The number of aryl methyl sites for hydroxylation is 1. The minimum absolute atomic E-state index is 0.136. The molecule has 0 radical (unpaired) electrons. The van der Waals surface area contributed by atoms with Gasteiger partial charge in [-0.05, 0) is 36.8 Å². The number of carbonyl (C=O) groups is 2. The van der Waals surface area contributed by atoms with Gasteiger partial charge >= 0.3 is 12.0 Å². The van der Waals surface area contributed by atoms with Gasteiger partial charge in [0.15, 0.2) is 0 Å². The number of aliphatic carboxylic acids is 1. The number of carboxylic acids is 1. The van der Waals surface area contributed by atoms with Crippen molar-refractivity contribution < 1.29 is 24.2 Å². The largest absolute Gasteiger partial charge is 0.490 e. The standard InChI is InChI=1S/C21H21N3O5S/c1-11-10-13(29-12-5-8-28-9-6-12)2-3-14(11)24-15-4-7-22-19-16(15)17(23-21(24)27)18(30-19)20(25)26/h2-4,7,10,12,17-18H,5-6,8-9H2,1H3,(H,23,27)(H,25,26). The van der Waals surface area contributed by atoms with Crippen molar-refractivity contribution in [1.82, 2.24) is 10.3 Å². The summed E-state index contributed by atoms with van der Waals surface area (Å²) in [6, 6.07) is 6.49. The van der Waals surface area contributed by atoms with Gasteiger partial charge in [-0.25, -0.2) is 9.78 Å². The highest BCUT2D eigenvalue weighted by atomic mass is 32.2. The number of anilines is 2. The van der Waals surface area contributed by atoms with Crippen LogP contribution >= 0.6 is 11.8 Å². The monoisotopic (exact) mass is 427 g/mol. The van der Waals surface area contributed by atoms with E-state index < -0.39 is 17.3 Å². The maximum atomic E-state index is 13.0. The van der Waals surface area contributed by atoms with E-state index in [-0.39, 0.29) is 12.1 Å². The Hall–Kier alpha value is -2.78. The molecule has 3 aliphatic heterocycles.